The molecule has 0 unspecified atom stereocenters. The highest BCUT2D eigenvalue weighted by molar-refractivity contribution is 7.99. The number of hydrogen-bond donors (Lipinski definition) is 5. The molecule has 9 heteroatoms. The first-order valence-corrected chi connectivity index (χ1v) is 12.0. The Kier molecular flexibility index (Phi) is 7.92. The van der Waals surface area contributed by atoms with E-state index < -0.39 is 41.3 Å². The largest absolute Gasteiger partial charge is 0.388 e. The van der Waals surface area contributed by atoms with Crippen LogP contribution in [-0.2, 0) is 9.53 Å². The molecule has 5 N–H and O–H groups in total. The predicted molar refractivity (Wildman–Crippen MR) is 109 cm³/mol. The average molecular weight is 437 g/mol. The Morgan fingerprint density at radius 3 is 2.46 bits per heavy atom. The zero-order valence-corrected chi connectivity index (χ0v) is 18.0. The second kappa shape index (κ2) is 9.81. The minimum Gasteiger partial charge on any atom is -0.388 e. The van der Waals surface area contributed by atoms with Gasteiger partial charge in [-0.1, -0.05) is 25.7 Å². The van der Waals surface area contributed by atoms with Gasteiger partial charge in [0.15, 0.2) is 0 Å². The summed E-state index contributed by atoms with van der Waals surface area (Å²) < 4.78 is 5.80. The number of aliphatic hydroxyl groups excluding tert-OH is 3. The van der Waals surface area contributed by atoms with E-state index in [1.54, 1.807) is 13.2 Å². The number of carbonyl (C=O) groups is 1. The van der Waals surface area contributed by atoms with Gasteiger partial charge < -0.3 is 30.7 Å². The molecule has 0 spiro atoms. The first-order chi connectivity index (χ1) is 13.3. The second-order valence-electron chi connectivity index (χ2n) is 8.41. The Labute approximate surface area is 175 Å². The maximum atomic E-state index is 12.8. The Morgan fingerprint density at radius 2 is 1.96 bits per heavy atom. The number of amides is 1. The SMILES string of the molecule is CS[C@H]1O[C@H]([C@H](NC(=O)[C@H]2NC[C@@H]2CCC2CCC2)[C@H](C)Cl)[C@H](O)[C@H](O)[C@H]1O. The maximum Gasteiger partial charge on any atom is 0.237 e. The van der Waals surface area contributed by atoms with Crippen molar-refractivity contribution in [2.24, 2.45) is 11.8 Å². The second-order valence-corrected chi connectivity index (χ2v) is 10.0. The molecule has 162 valence electrons. The normalized spacial score (nSPS) is 40.9. The van der Waals surface area contributed by atoms with E-state index in [9.17, 15) is 20.1 Å². The molecule has 3 aliphatic rings. The molecule has 2 saturated heterocycles. The van der Waals surface area contributed by atoms with E-state index in [4.69, 9.17) is 16.3 Å². The quantitative estimate of drug-likeness (QED) is 0.351. The van der Waals surface area contributed by atoms with E-state index in [1.807, 2.05) is 0 Å². The van der Waals surface area contributed by atoms with Gasteiger partial charge in [0, 0.05) is 6.54 Å². The third-order valence-electron chi connectivity index (χ3n) is 6.52. The molecule has 1 aliphatic carbocycles. The number of ether oxygens (including phenoxy) is 1. The smallest absolute Gasteiger partial charge is 0.237 e. The highest BCUT2D eigenvalue weighted by Crippen LogP contribution is 2.34. The maximum absolute atomic E-state index is 12.8. The molecule has 0 aromatic carbocycles. The molecular formula is C19H33ClN2O5S. The summed E-state index contributed by atoms with van der Waals surface area (Å²) in [5.74, 6) is 0.983. The van der Waals surface area contributed by atoms with Gasteiger partial charge in [0.05, 0.1) is 17.5 Å². The predicted octanol–water partition coefficient (Wildman–Crippen LogP) is 0.437. The van der Waals surface area contributed by atoms with E-state index >= 15 is 0 Å². The van der Waals surface area contributed by atoms with E-state index in [0.717, 1.165) is 18.9 Å². The summed E-state index contributed by atoms with van der Waals surface area (Å²) in [6, 6.07) is -0.943. The van der Waals surface area contributed by atoms with Gasteiger partial charge in [0.1, 0.15) is 29.9 Å². The number of halogens is 1. The first-order valence-electron chi connectivity index (χ1n) is 10.2. The molecule has 3 rings (SSSR count). The number of hydrogen-bond acceptors (Lipinski definition) is 7. The summed E-state index contributed by atoms with van der Waals surface area (Å²) in [5.41, 5.74) is -0.699. The van der Waals surface area contributed by atoms with Crippen molar-refractivity contribution >= 4 is 29.3 Å². The molecule has 1 amide bonds. The summed E-state index contributed by atoms with van der Waals surface area (Å²) in [7, 11) is 0. The molecule has 2 heterocycles. The number of carbonyl (C=O) groups excluding carboxylic acids is 1. The minimum atomic E-state index is -1.36. The van der Waals surface area contributed by atoms with Crippen LogP contribution in [0, 0.1) is 11.8 Å². The van der Waals surface area contributed by atoms with Crippen molar-refractivity contribution in [1.82, 2.24) is 10.6 Å². The van der Waals surface area contributed by atoms with Crippen LogP contribution >= 0.6 is 23.4 Å². The highest BCUT2D eigenvalue weighted by Gasteiger charge is 2.48. The molecule has 3 fully saturated rings. The van der Waals surface area contributed by atoms with Crippen molar-refractivity contribution in [3.63, 3.8) is 0 Å². The van der Waals surface area contributed by atoms with Crippen LogP contribution in [0.2, 0.25) is 0 Å². The molecular weight excluding hydrogens is 404 g/mol. The molecule has 9 atom stereocenters. The number of thioether (sulfide) groups is 1. The average Bonchev–Trinajstić information content (AvgIpc) is 2.59. The van der Waals surface area contributed by atoms with E-state index in [-0.39, 0.29) is 11.9 Å². The van der Waals surface area contributed by atoms with Gasteiger partial charge in [-0.15, -0.1) is 23.4 Å². The monoisotopic (exact) mass is 436 g/mol. The Morgan fingerprint density at radius 1 is 1.25 bits per heavy atom. The third kappa shape index (κ3) is 4.79. The van der Waals surface area contributed by atoms with Crippen molar-refractivity contribution in [2.75, 3.05) is 12.8 Å². The van der Waals surface area contributed by atoms with Gasteiger partial charge in [0.25, 0.3) is 0 Å². The lowest BCUT2D eigenvalue weighted by Crippen LogP contribution is -2.67. The van der Waals surface area contributed by atoms with Gasteiger partial charge in [-0.05, 0) is 31.4 Å². The van der Waals surface area contributed by atoms with E-state index in [1.165, 1.54) is 37.4 Å². The van der Waals surface area contributed by atoms with E-state index in [0.29, 0.717) is 5.92 Å². The molecule has 0 radical (unpaired) electrons. The Balaban J connectivity index is 1.59. The van der Waals surface area contributed by atoms with Crippen molar-refractivity contribution in [3.05, 3.63) is 0 Å². The minimum absolute atomic E-state index is 0.153. The topological polar surface area (TPSA) is 111 Å². The fourth-order valence-electron chi connectivity index (χ4n) is 4.29. The number of aliphatic hydroxyl groups is 3. The molecule has 1 saturated carbocycles. The van der Waals surface area contributed by atoms with Gasteiger partial charge in [-0.2, -0.15) is 0 Å². The standard InChI is InChI=1S/C19H33ClN2O5S/c1-9(20)12(17-15(24)14(23)16(25)19(27-17)28-2)22-18(26)13-11(8-21-13)7-6-10-4-3-5-10/h9-17,19,21,23-25H,3-8H2,1-2H3,(H,22,26)/t9-,11-,12+,13-,14-,15+,16+,17+,19+/m0/s1. The van der Waals surface area contributed by atoms with Crippen LogP contribution in [0.15, 0.2) is 0 Å². The molecule has 7 nitrogen and oxygen atoms in total. The van der Waals surface area contributed by atoms with Crippen LogP contribution < -0.4 is 10.6 Å². The van der Waals surface area contributed by atoms with Crippen LogP contribution in [0.4, 0.5) is 0 Å². The van der Waals surface area contributed by atoms with Gasteiger partial charge in [-0.25, -0.2) is 0 Å². The number of nitrogens with one attached hydrogen (secondary N) is 2. The van der Waals surface area contributed by atoms with Gasteiger partial charge >= 0.3 is 0 Å². The fourth-order valence-corrected chi connectivity index (χ4v) is 5.17. The highest BCUT2D eigenvalue weighted by atomic mass is 35.5. The van der Waals surface area contributed by atoms with Crippen LogP contribution in [-0.4, -0.2) is 81.3 Å². The zero-order chi connectivity index (χ0) is 20.4. The summed E-state index contributed by atoms with van der Waals surface area (Å²) in [6.45, 7) is 2.56. The molecule has 0 aromatic heterocycles. The molecule has 0 bridgehead atoms. The Hall–Kier alpha value is -0.0900. The number of alkyl halides is 1. The van der Waals surface area contributed by atoms with Gasteiger partial charge in [0.2, 0.25) is 5.91 Å². The van der Waals surface area contributed by atoms with Crippen molar-refractivity contribution in [3.8, 4) is 0 Å². The lowest BCUT2D eigenvalue weighted by molar-refractivity contribution is -0.205. The Bertz CT molecular complexity index is 536. The molecule has 2 aliphatic heterocycles. The number of rotatable bonds is 8. The first kappa shape index (κ1) is 22.6. The summed E-state index contributed by atoms with van der Waals surface area (Å²) in [4.78, 5) is 12.8. The third-order valence-corrected chi connectivity index (χ3v) is 7.65. The lowest BCUT2D eigenvalue weighted by atomic mass is 9.77. The summed E-state index contributed by atoms with van der Waals surface area (Å²) in [6.07, 6.45) is 3.11. The van der Waals surface area contributed by atoms with Crippen LogP contribution in [0.1, 0.15) is 39.0 Å². The summed E-state index contributed by atoms with van der Waals surface area (Å²) in [5, 5.41) is 36.2. The summed E-state index contributed by atoms with van der Waals surface area (Å²) >= 11 is 7.55. The van der Waals surface area contributed by atoms with Crippen molar-refractivity contribution in [1.29, 1.82) is 0 Å². The van der Waals surface area contributed by atoms with Crippen LogP contribution in [0.5, 0.6) is 0 Å². The van der Waals surface area contributed by atoms with E-state index in [2.05, 4.69) is 10.6 Å². The lowest BCUT2D eigenvalue weighted by Gasteiger charge is -2.45. The zero-order valence-electron chi connectivity index (χ0n) is 16.5. The van der Waals surface area contributed by atoms with Crippen molar-refractivity contribution in [2.45, 2.75) is 86.3 Å². The molecule has 28 heavy (non-hydrogen) atoms. The van der Waals surface area contributed by atoms with Gasteiger partial charge in [-0.3, -0.25) is 4.79 Å². The van der Waals surface area contributed by atoms with Crippen LogP contribution in [0.25, 0.3) is 0 Å². The van der Waals surface area contributed by atoms with Crippen molar-refractivity contribution < 1.29 is 24.9 Å². The molecule has 0 aromatic rings. The van der Waals surface area contributed by atoms with Crippen LogP contribution in [0.3, 0.4) is 0 Å². The fraction of sp³-hybridized carbons (Fsp3) is 0.947.